The lowest BCUT2D eigenvalue weighted by Gasteiger charge is -2.43. The van der Waals surface area contributed by atoms with Gasteiger partial charge in [-0.05, 0) is 30.6 Å². The van der Waals surface area contributed by atoms with E-state index in [-0.39, 0.29) is 0 Å². The molecule has 1 aromatic heterocycles. The normalized spacial score (nSPS) is 22.7. The Labute approximate surface area is 155 Å². The summed E-state index contributed by atoms with van der Waals surface area (Å²) in [5.41, 5.74) is 0. The molecule has 0 N–H and O–H groups in total. The van der Waals surface area contributed by atoms with Crippen molar-refractivity contribution in [1.29, 1.82) is 0 Å². The fourth-order valence-corrected chi connectivity index (χ4v) is 4.80. The molecule has 136 valence electrons. The maximum atomic E-state index is 12.9. The van der Waals surface area contributed by atoms with Crippen molar-refractivity contribution in [1.82, 2.24) is 14.9 Å². The molecule has 3 aliphatic rings. The molecule has 3 fully saturated rings. The van der Waals surface area contributed by atoms with E-state index in [9.17, 15) is 4.79 Å². The topological polar surface area (TPSA) is 46.1 Å². The van der Waals surface area contributed by atoms with Gasteiger partial charge in [-0.2, -0.15) is 0 Å². The van der Waals surface area contributed by atoms with Gasteiger partial charge >= 0.3 is 0 Å². The first-order chi connectivity index (χ1) is 12.2. The van der Waals surface area contributed by atoms with Crippen molar-refractivity contribution in [3.8, 4) is 0 Å². The highest BCUT2D eigenvalue weighted by atomic mass is 35.5. The van der Waals surface area contributed by atoms with Crippen LogP contribution in [0.15, 0.2) is 12.4 Å². The summed E-state index contributed by atoms with van der Waals surface area (Å²) >= 11 is 5.87. The third-order valence-corrected chi connectivity index (χ3v) is 6.97. The number of halogens is 1. The maximum absolute atomic E-state index is 12.9. The highest BCUT2D eigenvalue weighted by Gasteiger charge is 2.38. The molecular weight excluding hydrogens is 334 g/mol. The number of likely N-dealkylation sites (tertiary alicyclic amines) is 1. The predicted molar refractivity (Wildman–Crippen MR) is 98.4 cm³/mol. The first-order valence-electron chi connectivity index (χ1n) is 9.96. The molecule has 5 heteroatoms. The largest absolute Gasteiger partial charge is 0.343 e. The van der Waals surface area contributed by atoms with Crippen molar-refractivity contribution in [3.05, 3.63) is 23.2 Å². The fraction of sp³-hybridized carbons (Fsp3) is 0.750. The van der Waals surface area contributed by atoms with Gasteiger partial charge in [-0.25, -0.2) is 9.97 Å². The van der Waals surface area contributed by atoms with Gasteiger partial charge in [0.25, 0.3) is 0 Å². The van der Waals surface area contributed by atoms with Crippen LogP contribution in [0.1, 0.15) is 69.5 Å². The van der Waals surface area contributed by atoms with Crippen molar-refractivity contribution >= 4 is 17.5 Å². The number of aromatic nitrogens is 2. The van der Waals surface area contributed by atoms with Crippen molar-refractivity contribution in [2.45, 2.75) is 63.7 Å². The minimum atomic E-state index is 0.357. The minimum absolute atomic E-state index is 0.357. The molecule has 4 rings (SSSR count). The van der Waals surface area contributed by atoms with Crippen LogP contribution in [0.25, 0.3) is 0 Å². The van der Waals surface area contributed by atoms with E-state index in [2.05, 4.69) is 14.9 Å². The molecule has 2 aliphatic carbocycles. The summed E-state index contributed by atoms with van der Waals surface area (Å²) in [5.74, 6) is 3.93. The van der Waals surface area contributed by atoms with Crippen LogP contribution in [0.2, 0.25) is 5.02 Å². The Morgan fingerprint density at radius 2 is 1.60 bits per heavy atom. The second-order valence-corrected chi connectivity index (χ2v) is 8.60. The standard InChI is InChI=1S/C20H28ClN3O/c21-17-12-22-20(23-13-17)16-7-9-24(10-8-16)19(25)11-18(14-3-1-4-14)15-5-2-6-15/h12-16,18H,1-11H2. The van der Waals surface area contributed by atoms with Crippen LogP contribution in [0.4, 0.5) is 0 Å². The maximum Gasteiger partial charge on any atom is 0.222 e. The zero-order chi connectivity index (χ0) is 17.2. The lowest BCUT2D eigenvalue weighted by molar-refractivity contribution is -0.135. The van der Waals surface area contributed by atoms with Crippen LogP contribution in [0.5, 0.6) is 0 Å². The second kappa shape index (κ2) is 7.61. The number of carbonyl (C=O) groups is 1. The lowest BCUT2D eigenvalue weighted by atomic mass is 9.63. The van der Waals surface area contributed by atoms with E-state index in [1.54, 1.807) is 12.4 Å². The third kappa shape index (κ3) is 3.84. The quantitative estimate of drug-likeness (QED) is 0.778. The van der Waals surface area contributed by atoms with Crippen LogP contribution in [-0.2, 0) is 4.79 Å². The molecule has 4 nitrogen and oxygen atoms in total. The number of rotatable bonds is 5. The lowest BCUT2D eigenvalue weighted by Crippen LogP contribution is -2.42. The Balaban J connectivity index is 1.30. The molecule has 0 atom stereocenters. The second-order valence-electron chi connectivity index (χ2n) is 8.16. The molecule has 1 aromatic rings. The summed E-state index contributed by atoms with van der Waals surface area (Å²) in [6.07, 6.45) is 14.2. The SMILES string of the molecule is O=C(CC(C1CCC1)C1CCC1)N1CCC(c2ncc(Cl)cn2)CC1. The van der Waals surface area contributed by atoms with Crippen LogP contribution < -0.4 is 0 Å². The molecule has 2 heterocycles. The van der Waals surface area contributed by atoms with E-state index in [4.69, 9.17) is 11.6 Å². The molecule has 0 radical (unpaired) electrons. The molecule has 0 aromatic carbocycles. The number of nitrogens with zero attached hydrogens (tertiary/aromatic N) is 3. The van der Waals surface area contributed by atoms with Crippen LogP contribution >= 0.6 is 11.6 Å². The summed E-state index contributed by atoms with van der Waals surface area (Å²) in [4.78, 5) is 23.7. The zero-order valence-corrected chi connectivity index (χ0v) is 15.6. The van der Waals surface area contributed by atoms with Gasteiger partial charge in [0, 0.05) is 37.8 Å². The van der Waals surface area contributed by atoms with E-state index in [0.29, 0.717) is 22.8 Å². The molecule has 25 heavy (non-hydrogen) atoms. The molecule has 0 spiro atoms. The Morgan fingerprint density at radius 1 is 1.04 bits per heavy atom. The third-order valence-electron chi connectivity index (χ3n) is 6.77. The van der Waals surface area contributed by atoms with Crippen LogP contribution in [0, 0.1) is 17.8 Å². The van der Waals surface area contributed by atoms with Crippen molar-refractivity contribution in [3.63, 3.8) is 0 Å². The van der Waals surface area contributed by atoms with Gasteiger partial charge in [0.1, 0.15) is 5.82 Å². The monoisotopic (exact) mass is 361 g/mol. The highest BCUT2D eigenvalue weighted by Crippen LogP contribution is 2.46. The van der Waals surface area contributed by atoms with Gasteiger partial charge in [-0.1, -0.05) is 50.1 Å². The summed E-state index contributed by atoms with van der Waals surface area (Å²) < 4.78 is 0. The fourth-order valence-electron chi connectivity index (χ4n) is 4.71. The number of hydrogen-bond donors (Lipinski definition) is 0. The highest BCUT2D eigenvalue weighted by molar-refractivity contribution is 6.30. The first-order valence-corrected chi connectivity index (χ1v) is 10.3. The molecule has 1 amide bonds. The summed E-state index contributed by atoms with van der Waals surface area (Å²) in [7, 11) is 0. The number of hydrogen-bond acceptors (Lipinski definition) is 3. The van der Waals surface area contributed by atoms with E-state index in [0.717, 1.165) is 50.0 Å². The Morgan fingerprint density at radius 3 is 2.08 bits per heavy atom. The Bertz CT molecular complexity index is 575. The van der Waals surface area contributed by atoms with E-state index in [1.165, 1.54) is 38.5 Å². The summed E-state index contributed by atoms with van der Waals surface area (Å²) in [6, 6.07) is 0. The number of piperidine rings is 1. The van der Waals surface area contributed by atoms with Crippen molar-refractivity contribution < 1.29 is 4.79 Å². The van der Waals surface area contributed by atoms with Gasteiger partial charge in [-0.3, -0.25) is 4.79 Å². The average molecular weight is 362 g/mol. The Hall–Kier alpha value is -1.16. The first kappa shape index (κ1) is 17.3. The van der Waals surface area contributed by atoms with E-state index in [1.807, 2.05) is 0 Å². The smallest absolute Gasteiger partial charge is 0.222 e. The van der Waals surface area contributed by atoms with Gasteiger partial charge in [0.15, 0.2) is 0 Å². The average Bonchev–Trinajstić information content (AvgIpc) is 2.52. The molecule has 1 aliphatic heterocycles. The van der Waals surface area contributed by atoms with Crippen LogP contribution in [0.3, 0.4) is 0 Å². The van der Waals surface area contributed by atoms with Crippen LogP contribution in [-0.4, -0.2) is 33.9 Å². The predicted octanol–water partition coefficient (Wildman–Crippen LogP) is 4.44. The molecule has 0 unspecified atom stereocenters. The molecule has 1 saturated heterocycles. The van der Waals surface area contributed by atoms with Gasteiger partial charge in [0.2, 0.25) is 5.91 Å². The molecule has 2 saturated carbocycles. The van der Waals surface area contributed by atoms with Gasteiger partial charge < -0.3 is 4.90 Å². The van der Waals surface area contributed by atoms with E-state index < -0.39 is 0 Å². The number of carbonyl (C=O) groups excluding carboxylic acids is 1. The Kier molecular flexibility index (Phi) is 5.25. The molecular formula is C20H28ClN3O. The summed E-state index contributed by atoms with van der Waals surface area (Å²) in [5, 5.41) is 0.578. The van der Waals surface area contributed by atoms with Gasteiger partial charge in [-0.15, -0.1) is 0 Å². The van der Waals surface area contributed by atoms with Gasteiger partial charge in [0.05, 0.1) is 5.02 Å². The minimum Gasteiger partial charge on any atom is -0.343 e. The zero-order valence-electron chi connectivity index (χ0n) is 14.9. The van der Waals surface area contributed by atoms with Crippen molar-refractivity contribution in [2.75, 3.05) is 13.1 Å². The van der Waals surface area contributed by atoms with E-state index >= 15 is 0 Å². The summed E-state index contributed by atoms with van der Waals surface area (Å²) in [6.45, 7) is 1.69. The number of amides is 1. The molecule has 0 bridgehead atoms. The van der Waals surface area contributed by atoms with Crippen molar-refractivity contribution in [2.24, 2.45) is 17.8 Å².